The molecular weight excluding hydrogens is 226 g/mol. The Bertz CT molecular complexity index is 322. The number of ether oxygens (including phenoxy) is 2. The molecule has 1 aromatic carbocycles. The largest absolute Gasteiger partial charge is 0.497 e. The Balaban J connectivity index is 2.17. The van der Waals surface area contributed by atoms with Gasteiger partial charge < -0.3 is 15.2 Å². The van der Waals surface area contributed by atoms with Gasteiger partial charge in [0.1, 0.15) is 11.5 Å². The van der Waals surface area contributed by atoms with Crippen molar-refractivity contribution >= 4 is 0 Å². The topological polar surface area (TPSA) is 44.5 Å². The zero-order valence-electron chi connectivity index (χ0n) is 11.7. The van der Waals surface area contributed by atoms with E-state index in [0.717, 1.165) is 37.4 Å². The minimum atomic E-state index is 0.296. The number of rotatable bonds is 8. The first kappa shape index (κ1) is 14.8. The van der Waals surface area contributed by atoms with Crippen molar-refractivity contribution in [2.75, 3.05) is 13.7 Å². The lowest BCUT2D eigenvalue weighted by Crippen LogP contribution is -2.22. The summed E-state index contributed by atoms with van der Waals surface area (Å²) < 4.78 is 10.7. The van der Waals surface area contributed by atoms with Gasteiger partial charge in [-0.15, -0.1) is 0 Å². The van der Waals surface area contributed by atoms with E-state index in [0.29, 0.717) is 12.0 Å². The smallest absolute Gasteiger partial charge is 0.119 e. The quantitative estimate of drug-likeness (QED) is 0.721. The van der Waals surface area contributed by atoms with Gasteiger partial charge in [-0.3, -0.25) is 0 Å². The predicted molar refractivity (Wildman–Crippen MR) is 75.2 cm³/mol. The first-order valence-electron chi connectivity index (χ1n) is 6.64. The van der Waals surface area contributed by atoms with Gasteiger partial charge in [-0.25, -0.2) is 0 Å². The Kier molecular flexibility index (Phi) is 6.58. The molecule has 1 rings (SSSR count). The third kappa shape index (κ3) is 5.92. The average molecular weight is 251 g/mol. The zero-order chi connectivity index (χ0) is 13.4. The molecule has 0 aromatic heterocycles. The predicted octanol–water partition coefficient (Wildman–Crippen LogP) is 3.23. The first-order chi connectivity index (χ1) is 8.61. The summed E-state index contributed by atoms with van der Waals surface area (Å²) in [5.74, 6) is 2.40. The van der Waals surface area contributed by atoms with E-state index in [1.54, 1.807) is 7.11 Å². The van der Waals surface area contributed by atoms with Crippen molar-refractivity contribution < 1.29 is 9.47 Å². The molecule has 1 atom stereocenters. The van der Waals surface area contributed by atoms with E-state index in [1.807, 2.05) is 24.3 Å². The van der Waals surface area contributed by atoms with Crippen LogP contribution < -0.4 is 15.2 Å². The monoisotopic (exact) mass is 251 g/mol. The summed E-state index contributed by atoms with van der Waals surface area (Å²) in [5.41, 5.74) is 6.02. The lowest BCUT2D eigenvalue weighted by atomic mass is 10.0. The van der Waals surface area contributed by atoms with Gasteiger partial charge in [0.05, 0.1) is 13.7 Å². The van der Waals surface area contributed by atoms with E-state index in [4.69, 9.17) is 15.2 Å². The Morgan fingerprint density at radius 2 is 1.72 bits per heavy atom. The van der Waals surface area contributed by atoms with Crippen molar-refractivity contribution in [3.63, 3.8) is 0 Å². The molecule has 0 amide bonds. The van der Waals surface area contributed by atoms with Gasteiger partial charge in [0.2, 0.25) is 0 Å². The van der Waals surface area contributed by atoms with Gasteiger partial charge in [0.15, 0.2) is 0 Å². The van der Waals surface area contributed by atoms with E-state index in [1.165, 1.54) is 0 Å². The van der Waals surface area contributed by atoms with Crippen LogP contribution in [-0.4, -0.2) is 19.8 Å². The Labute approximate surface area is 110 Å². The van der Waals surface area contributed by atoms with Crippen molar-refractivity contribution in [2.24, 2.45) is 11.7 Å². The van der Waals surface area contributed by atoms with E-state index in [9.17, 15) is 0 Å². The van der Waals surface area contributed by atoms with Gasteiger partial charge in [-0.2, -0.15) is 0 Å². The third-order valence-electron chi connectivity index (χ3n) is 2.82. The Morgan fingerprint density at radius 1 is 1.11 bits per heavy atom. The normalized spacial score (nSPS) is 12.5. The van der Waals surface area contributed by atoms with Gasteiger partial charge in [-0.1, -0.05) is 13.8 Å². The van der Waals surface area contributed by atoms with E-state index >= 15 is 0 Å². The van der Waals surface area contributed by atoms with Crippen LogP contribution in [0.3, 0.4) is 0 Å². The SMILES string of the molecule is COc1ccc(OCCCC(N)CC(C)C)cc1. The van der Waals surface area contributed by atoms with Gasteiger partial charge in [-0.05, 0) is 49.4 Å². The molecule has 0 aliphatic heterocycles. The molecule has 0 heterocycles. The van der Waals surface area contributed by atoms with Crippen LogP contribution in [0, 0.1) is 5.92 Å². The molecule has 0 fully saturated rings. The lowest BCUT2D eigenvalue weighted by molar-refractivity contribution is 0.296. The molecule has 0 radical (unpaired) electrons. The van der Waals surface area contributed by atoms with E-state index < -0.39 is 0 Å². The molecule has 0 spiro atoms. The highest BCUT2D eigenvalue weighted by Gasteiger charge is 2.05. The first-order valence-corrected chi connectivity index (χ1v) is 6.64. The molecule has 3 nitrogen and oxygen atoms in total. The fourth-order valence-electron chi connectivity index (χ4n) is 1.93. The maximum atomic E-state index is 6.02. The van der Waals surface area contributed by atoms with Crippen LogP contribution in [0.4, 0.5) is 0 Å². The molecular formula is C15H25NO2. The summed E-state index contributed by atoms with van der Waals surface area (Å²) in [6.07, 6.45) is 3.11. The molecule has 1 unspecified atom stereocenters. The van der Waals surface area contributed by atoms with Crippen LogP contribution in [-0.2, 0) is 0 Å². The molecule has 0 aliphatic carbocycles. The number of nitrogens with two attached hydrogens (primary N) is 1. The standard InChI is InChI=1S/C15H25NO2/c1-12(2)11-13(16)5-4-10-18-15-8-6-14(17-3)7-9-15/h6-9,12-13H,4-5,10-11,16H2,1-3H3. The number of methoxy groups -OCH3 is 1. The highest BCUT2D eigenvalue weighted by atomic mass is 16.5. The maximum Gasteiger partial charge on any atom is 0.119 e. The van der Waals surface area contributed by atoms with Crippen LogP contribution >= 0.6 is 0 Å². The van der Waals surface area contributed by atoms with Crippen molar-refractivity contribution in [3.8, 4) is 11.5 Å². The van der Waals surface area contributed by atoms with Gasteiger partial charge in [0, 0.05) is 6.04 Å². The minimum absolute atomic E-state index is 0.296. The summed E-state index contributed by atoms with van der Waals surface area (Å²) in [6, 6.07) is 7.95. The van der Waals surface area contributed by atoms with Crippen LogP contribution in [0.15, 0.2) is 24.3 Å². The van der Waals surface area contributed by atoms with Crippen LogP contribution in [0.25, 0.3) is 0 Å². The lowest BCUT2D eigenvalue weighted by Gasteiger charge is -2.14. The maximum absolute atomic E-state index is 6.02. The Morgan fingerprint density at radius 3 is 2.28 bits per heavy atom. The molecule has 0 saturated carbocycles. The second-order valence-electron chi connectivity index (χ2n) is 5.06. The van der Waals surface area contributed by atoms with Crippen LogP contribution in [0.1, 0.15) is 33.1 Å². The minimum Gasteiger partial charge on any atom is -0.497 e. The zero-order valence-corrected chi connectivity index (χ0v) is 11.7. The van der Waals surface area contributed by atoms with Crippen LogP contribution in [0.2, 0.25) is 0 Å². The van der Waals surface area contributed by atoms with Gasteiger partial charge >= 0.3 is 0 Å². The number of benzene rings is 1. The second-order valence-corrected chi connectivity index (χ2v) is 5.06. The fourth-order valence-corrected chi connectivity index (χ4v) is 1.93. The van der Waals surface area contributed by atoms with Crippen molar-refractivity contribution in [3.05, 3.63) is 24.3 Å². The second kappa shape index (κ2) is 7.98. The van der Waals surface area contributed by atoms with E-state index in [2.05, 4.69) is 13.8 Å². The molecule has 102 valence electrons. The number of hydrogen-bond acceptors (Lipinski definition) is 3. The van der Waals surface area contributed by atoms with Crippen molar-refractivity contribution in [1.82, 2.24) is 0 Å². The highest BCUT2D eigenvalue weighted by molar-refractivity contribution is 5.31. The summed E-state index contributed by atoms with van der Waals surface area (Å²) in [5, 5.41) is 0. The summed E-state index contributed by atoms with van der Waals surface area (Å²) in [6.45, 7) is 5.12. The molecule has 3 heteroatoms. The Hall–Kier alpha value is -1.22. The molecule has 0 bridgehead atoms. The number of hydrogen-bond donors (Lipinski definition) is 1. The van der Waals surface area contributed by atoms with Crippen LogP contribution in [0.5, 0.6) is 11.5 Å². The molecule has 18 heavy (non-hydrogen) atoms. The third-order valence-corrected chi connectivity index (χ3v) is 2.82. The highest BCUT2D eigenvalue weighted by Crippen LogP contribution is 2.17. The molecule has 0 aliphatic rings. The van der Waals surface area contributed by atoms with E-state index in [-0.39, 0.29) is 0 Å². The van der Waals surface area contributed by atoms with Crippen molar-refractivity contribution in [2.45, 2.75) is 39.2 Å². The van der Waals surface area contributed by atoms with Crippen molar-refractivity contribution in [1.29, 1.82) is 0 Å². The summed E-state index contributed by atoms with van der Waals surface area (Å²) in [4.78, 5) is 0. The summed E-state index contributed by atoms with van der Waals surface area (Å²) >= 11 is 0. The van der Waals surface area contributed by atoms with Gasteiger partial charge in [0.25, 0.3) is 0 Å². The molecule has 0 saturated heterocycles. The molecule has 2 N–H and O–H groups in total. The summed E-state index contributed by atoms with van der Waals surface area (Å²) in [7, 11) is 1.66. The molecule has 1 aromatic rings. The fraction of sp³-hybridized carbons (Fsp3) is 0.600. The average Bonchev–Trinajstić information content (AvgIpc) is 2.34.